The molecule has 3 nitrogen and oxygen atoms in total. The van der Waals surface area contributed by atoms with Crippen LogP contribution >= 0.6 is 0 Å². The summed E-state index contributed by atoms with van der Waals surface area (Å²) in [6, 6.07) is 0. The van der Waals surface area contributed by atoms with Crippen molar-refractivity contribution in [3.05, 3.63) is 0 Å². The predicted octanol–water partition coefficient (Wildman–Crippen LogP) is 0.903. The first-order chi connectivity index (χ1) is 4.83. The smallest absolute Gasteiger partial charge is 0.0676 e. The van der Waals surface area contributed by atoms with Crippen molar-refractivity contribution in [2.75, 3.05) is 19.7 Å². The molecule has 0 radical (unpaired) electrons. The first-order valence-electron chi connectivity index (χ1n) is 3.85. The maximum Gasteiger partial charge on any atom is 0.0676 e. The van der Waals surface area contributed by atoms with Crippen molar-refractivity contribution < 1.29 is 4.84 Å². The SMILES string of the molecule is CCCON.CCNCC. The van der Waals surface area contributed by atoms with Gasteiger partial charge in [0.05, 0.1) is 6.61 Å². The van der Waals surface area contributed by atoms with Gasteiger partial charge >= 0.3 is 0 Å². The van der Waals surface area contributed by atoms with Gasteiger partial charge in [-0.25, -0.2) is 5.90 Å². The molecule has 64 valence electrons. The Morgan fingerprint density at radius 1 is 1.20 bits per heavy atom. The summed E-state index contributed by atoms with van der Waals surface area (Å²) in [6.45, 7) is 9.06. The summed E-state index contributed by atoms with van der Waals surface area (Å²) in [6.07, 6.45) is 0.997. The first-order valence-corrected chi connectivity index (χ1v) is 3.85. The summed E-state index contributed by atoms with van der Waals surface area (Å²) in [7, 11) is 0. The van der Waals surface area contributed by atoms with Crippen molar-refractivity contribution in [1.29, 1.82) is 0 Å². The summed E-state index contributed by atoms with van der Waals surface area (Å²) in [5.41, 5.74) is 0. The van der Waals surface area contributed by atoms with Crippen molar-refractivity contribution in [3.63, 3.8) is 0 Å². The second-order valence-electron chi connectivity index (χ2n) is 1.83. The van der Waals surface area contributed by atoms with Gasteiger partial charge in [0.2, 0.25) is 0 Å². The zero-order valence-corrected chi connectivity index (χ0v) is 7.31. The lowest BCUT2D eigenvalue weighted by atomic mass is 10.5. The molecule has 0 saturated carbocycles. The highest BCUT2D eigenvalue weighted by atomic mass is 16.6. The van der Waals surface area contributed by atoms with Crippen molar-refractivity contribution in [1.82, 2.24) is 5.32 Å². The Morgan fingerprint density at radius 3 is 1.70 bits per heavy atom. The monoisotopic (exact) mass is 148 g/mol. The second-order valence-corrected chi connectivity index (χ2v) is 1.83. The third-order valence-electron chi connectivity index (χ3n) is 0.822. The zero-order chi connectivity index (χ0) is 8.24. The van der Waals surface area contributed by atoms with Crippen LogP contribution in [-0.2, 0) is 4.84 Å². The highest BCUT2D eigenvalue weighted by Gasteiger charge is 1.66. The quantitative estimate of drug-likeness (QED) is 0.582. The van der Waals surface area contributed by atoms with Gasteiger partial charge in [-0.1, -0.05) is 20.8 Å². The van der Waals surface area contributed by atoms with E-state index in [0.717, 1.165) is 19.5 Å². The standard InChI is InChI=1S/C4H11N.C3H9NO/c1-3-5-4-2;1-2-3-5-4/h5H,3-4H2,1-2H3;2-4H2,1H3. The topological polar surface area (TPSA) is 47.3 Å². The molecule has 0 bridgehead atoms. The van der Waals surface area contributed by atoms with Gasteiger partial charge in [0, 0.05) is 0 Å². The molecule has 0 rings (SSSR count). The molecule has 0 spiro atoms. The second kappa shape index (κ2) is 15.9. The molecule has 0 fully saturated rings. The summed E-state index contributed by atoms with van der Waals surface area (Å²) in [5.74, 6) is 4.64. The number of hydrogen-bond acceptors (Lipinski definition) is 3. The van der Waals surface area contributed by atoms with Gasteiger partial charge in [-0.15, -0.1) is 0 Å². The maximum absolute atomic E-state index is 4.64. The highest BCUT2D eigenvalue weighted by molar-refractivity contribution is 4.27. The Labute approximate surface area is 63.9 Å². The van der Waals surface area contributed by atoms with Crippen molar-refractivity contribution in [3.8, 4) is 0 Å². The van der Waals surface area contributed by atoms with E-state index in [9.17, 15) is 0 Å². The predicted molar refractivity (Wildman–Crippen MR) is 44.6 cm³/mol. The Kier molecular flexibility index (Phi) is 20.0. The van der Waals surface area contributed by atoms with Gasteiger partial charge in [0.25, 0.3) is 0 Å². The fourth-order valence-corrected chi connectivity index (χ4v) is 0.368. The lowest BCUT2D eigenvalue weighted by Crippen LogP contribution is -2.09. The minimum absolute atomic E-state index is 0.667. The van der Waals surface area contributed by atoms with E-state index in [-0.39, 0.29) is 0 Å². The molecule has 0 saturated heterocycles. The van der Waals surface area contributed by atoms with E-state index in [1.165, 1.54) is 0 Å². The van der Waals surface area contributed by atoms with E-state index in [1.807, 2.05) is 6.92 Å². The van der Waals surface area contributed by atoms with Gasteiger partial charge in [-0.05, 0) is 19.5 Å². The Morgan fingerprint density at radius 2 is 1.70 bits per heavy atom. The molecule has 0 unspecified atom stereocenters. The lowest BCUT2D eigenvalue weighted by Gasteiger charge is -1.86. The van der Waals surface area contributed by atoms with Gasteiger partial charge in [-0.2, -0.15) is 0 Å². The fourth-order valence-electron chi connectivity index (χ4n) is 0.368. The van der Waals surface area contributed by atoms with Crippen LogP contribution in [0.2, 0.25) is 0 Å². The van der Waals surface area contributed by atoms with Gasteiger partial charge in [0.1, 0.15) is 0 Å². The average molecular weight is 148 g/mol. The fraction of sp³-hybridized carbons (Fsp3) is 1.00. The highest BCUT2D eigenvalue weighted by Crippen LogP contribution is 1.67. The molecule has 0 aromatic rings. The minimum Gasteiger partial charge on any atom is -0.317 e. The summed E-state index contributed by atoms with van der Waals surface area (Å²) in [5, 5.41) is 3.11. The van der Waals surface area contributed by atoms with Crippen LogP contribution in [0.1, 0.15) is 27.2 Å². The molecule has 0 aromatic carbocycles. The van der Waals surface area contributed by atoms with Crippen LogP contribution in [0.5, 0.6) is 0 Å². The van der Waals surface area contributed by atoms with E-state index < -0.39 is 0 Å². The van der Waals surface area contributed by atoms with Gasteiger partial charge in [-0.3, -0.25) is 0 Å². The molecular weight excluding hydrogens is 128 g/mol. The van der Waals surface area contributed by atoms with E-state index in [0.29, 0.717) is 6.61 Å². The van der Waals surface area contributed by atoms with Crippen LogP contribution in [0.4, 0.5) is 0 Å². The summed E-state index contributed by atoms with van der Waals surface area (Å²) < 4.78 is 0. The molecule has 0 heterocycles. The third-order valence-corrected chi connectivity index (χ3v) is 0.822. The van der Waals surface area contributed by atoms with Crippen molar-refractivity contribution in [2.45, 2.75) is 27.2 Å². The Balaban J connectivity index is 0. The van der Waals surface area contributed by atoms with E-state index >= 15 is 0 Å². The van der Waals surface area contributed by atoms with Gasteiger partial charge < -0.3 is 10.2 Å². The molecule has 3 heteroatoms. The lowest BCUT2D eigenvalue weighted by molar-refractivity contribution is 0.138. The molecule has 0 aromatic heterocycles. The number of hydrogen-bond donors (Lipinski definition) is 2. The molecule has 0 aliphatic heterocycles. The number of rotatable bonds is 4. The largest absolute Gasteiger partial charge is 0.317 e. The van der Waals surface area contributed by atoms with E-state index in [1.54, 1.807) is 0 Å². The third kappa shape index (κ3) is 24.8. The van der Waals surface area contributed by atoms with Crippen LogP contribution in [-0.4, -0.2) is 19.7 Å². The molecule has 0 aliphatic rings. The van der Waals surface area contributed by atoms with Crippen LogP contribution in [0.15, 0.2) is 0 Å². The summed E-state index contributed by atoms with van der Waals surface area (Å²) in [4.78, 5) is 4.19. The molecule has 10 heavy (non-hydrogen) atoms. The molecule has 0 atom stereocenters. The van der Waals surface area contributed by atoms with Crippen molar-refractivity contribution >= 4 is 0 Å². The number of nitrogens with two attached hydrogens (primary N) is 1. The van der Waals surface area contributed by atoms with Crippen LogP contribution in [0, 0.1) is 0 Å². The van der Waals surface area contributed by atoms with Crippen LogP contribution in [0.3, 0.4) is 0 Å². The Bertz CT molecular complexity index is 32.6. The van der Waals surface area contributed by atoms with Crippen LogP contribution < -0.4 is 11.2 Å². The molecular formula is C7H20N2O. The van der Waals surface area contributed by atoms with E-state index in [2.05, 4.69) is 29.9 Å². The molecule has 0 aliphatic carbocycles. The van der Waals surface area contributed by atoms with Crippen molar-refractivity contribution in [2.24, 2.45) is 5.90 Å². The van der Waals surface area contributed by atoms with Gasteiger partial charge in [0.15, 0.2) is 0 Å². The number of nitrogens with one attached hydrogen (secondary N) is 1. The zero-order valence-electron chi connectivity index (χ0n) is 7.31. The Hall–Kier alpha value is -0.120. The molecule has 3 N–H and O–H groups in total. The van der Waals surface area contributed by atoms with Crippen LogP contribution in [0.25, 0.3) is 0 Å². The first kappa shape index (κ1) is 12.5. The normalized spacial score (nSPS) is 8.40. The minimum atomic E-state index is 0.667. The van der Waals surface area contributed by atoms with E-state index in [4.69, 9.17) is 0 Å². The summed E-state index contributed by atoms with van der Waals surface area (Å²) >= 11 is 0. The average Bonchev–Trinajstić information content (AvgIpc) is 1.93. The maximum atomic E-state index is 4.64. The molecule has 0 amide bonds.